The molecule has 28 heavy (non-hydrogen) atoms. The number of aromatic nitrogens is 4. The van der Waals surface area contributed by atoms with E-state index in [9.17, 15) is 0 Å². The number of nitrogens with zero attached hydrogens (tertiary/aromatic N) is 2. The van der Waals surface area contributed by atoms with Gasteiger partial charge < -0.3 is 9.97 Å². The minimum Gasteiger partial charge on any atom is -0.355 e. The smallest absolute Gasteiger partial charge is 0.0731 e. The molecular weight excluding hydrogens is 344 g/mol. The lowest BCUT2D eigenvalue weighted by Gasteiger charge is -1.97. The van der Waals surface area contributed by atoms with Gasteiger partial charge >= 0.3 is 0 Å². The molecule has 4 heteroatoms. The predicted molar refractivity (Wildman–Crippen MR) is 119 cm³/mol. The number of hydrogen-bond donors (Lipinski definition) is 2. The molecule has 5 heterocycles. The number of nitrogens with one attached hydrogen (secondary N) is 2. The van der Waals surface area contributed by atoms with Gasteiger partial charge in [-0.1, -0.05) is 25.3 Å². The molecule has 134 valence electrons. The Labute approximate surface area is 162 Å². The van der Waals surface area contributed by atoms with Crippen LogP contribution in [0.15, 0.2) is 49.6 Å². The molecule has 3 aromatic heterocycles. The van der Waals surface area contributed by atoms with E-state index in [2.05, 4.69) is 41.3 Å². The maximum atomic E-state index is 4.82. The molecule has 0 unspecified atom stereocenters. The fourth-order valence-electron chi connectivity index (χ4n) is 3.54. The molecule has 0 aromatic carbocycles. The number of hydrogen-bond acceptors (Lipinski definition) is 2. The fraction of sp³-hybridized carbons (Fsp3) is 0. The van der Waals surface area contributed by atoms with Crippen LogP contribution in [0.2, 0.25) is 0 Å². The standard InChI is InChI=1S/C24H18N4/c1-3-19-21-9-7-17(26-21)13-15-5-6-16(25-15)14-18-8-10-22(27-18)20(4-2)24-12-11-23(19)28-24/h3-14,25-26H,1-2H2. The monoisotopic (exact) mass is 362 g/mol. The first-order valence-corrected chi connectivity index (χ1v) is 9.09. The summed E-state index contributed by atoms with van der Waals surface area (Å²) in [6, 6.07) is 12.3. The minimum atomic E-state index is 0.849. The van der Waals surface area contributed by atoms with Gasteiger partial charge in [-0.2, -0.15) is 0 Å². The molecule has 5 rings (SSSR count). The second-order valence-electron chi connectivity index (χ2n) is 6.69. The molecule has 4 nitrogen and oxygen atoms in total. The van der Waals surface area contributed by atoms with Crippen molar-refractivity contribution in [2.75, 3.05) is 0 Å². The van der Waals surface area contributed by atoms with Crippen LogP contribution in [0.5, 0.6) is 0 Å². The first-order valence-electron chi connectivity index (χ1n) is 9.09. The summed E-state index contributed by atoms with van der Waals surface area (Å²) in [5.74, 6) is 0. The van der Waals surface area contributed by atoms with E-state index >= 15 is 0 Å². The first-order chi connectivity index (χ1) is 13.7. The van der Waals surface area contributed by atoms with Gasteiger partial charge in [-0.25, -0.2) is 9.97 Å². The third-order valence-electron chi connectivity index (χ3n) is 4.88. The minimum absolute atomic E-state index is 0.849. The summed E-state index contributed by atoms with van der Waals surface area (Å²) < 4.78 is 0. The van der Waals surface area contributed by atoms with Crippen LogP contribution in [-0.2, 0) is 0 Å². The number of aromatic amines is 2. The zero-order chi connectivity index (χ0) is 19.1. The van der Waals surface area contributed by atoms with Gasteiger partial charge in [0, 0.05) is 33.2 Å². The van der Waals surface area contributed by atoms with Gasteiger partial charge in [0.25, 0.3) is 0 Å². The van der Waals surface area contributed by atoms with Crippen molar-refractivity contribution in [3.8, 4) is 0 Å². The van der Waals surface area contributed by atoms with Gasteiger partial charge in [-0.15, -0.1) is 0 Å². The van der Waals surface area contributed by atoms with Crippen LogP contribution in [0.1, 0.15) is 33.9 Å². The predicted octanol–water partition coefficient (Wildman–Crippen LogP) is 5.94. The molecule has 0 atom stereocenters. The van der Waals surface area contributed by atoms with Crippen molar-refractivity contribution < 1.29 is 0 Å². The van der Waals surface area contributed by atoms with Crippen molar-refractivity contribution >= 4 is 58.5 Å². The van der Waals surface area contributed by atoms with Crippen molar-refractivity contribution in [3.63, 3.8) is 0 Å². The molecule has 0 aliphatic carbocycles. The lowest BCUT2D eigenvalue weighted by atomic mass is 10.1. The van der Waals surface area contributed by atoms with Crippen LogP contribution in [0.25, 0.3) is 58.5 Å². The van der Waals surface area contributed by atoms with Crippen molar-refractivity contribution in [2.45, 2.75) is 0 Å². The maximum absolute atomic E-state index is 4.82. The van der Waals surface area contributed by atoms with Crippen LogP contribution in [0.4, 0.5) is 0 Å². The first kappa shape index (κ1) is 16.3. The molecule has 2 aliphatic heterocycles. The van der Waals surface area contributed by atoms with Crippen molar-refractivity contribution in [3.05, 3.63) is 83.5 Å². The normalized spacial score (nSPS) is 12.3. The SMILES string of the molecule is C=Cc1c2nc(cc3ccc(cc4ccc([nH]4)c(C=C)c4nc1C=C4)[nH]3)C=C2. The molecular formula is C24H18N4. The van der Waals surface area contributed by atoms with Crippen molar-refractivity contribution in [1.82, 2.24) is 19.9 Å². The Morgan fingerprint density at radius 3 is 2.04 bits per heavy atom. The van der Waals surface area contributed by atoms with Gasteiger partial charge in [0.05, 0.1) is 22.8 Å². The Balaban J connectivity index is 1.95. The lowest BCUT2D eigenvalue weighted by molar-refractivity contribution is 1.26. The summed E-state index contributed by atoms with van der Waals surface area (Å²) in [7, 11) is 0. The van der Waals surface area contributed by atoms with Crippen LogP contribution in [-0.4, -0.2) is 19.9 Å². The van der Waals surface area contributed by atoms with E-state index in [0.717, 1.165) is 56.0 Å². The number of H-pyrrole nitrogens is 2. The Bertz CT molecular complexity index is 1350. The molecule has 8 bridgehead atoms. The Morgan fingerprint density at radius 2 is 1.25 bits per heavy atom. The summed E-state index contributed by atoms with van der Waals surface area (Å²) in [4.78, 5) is 16.4. The van der Waals surface area contributed by atoms with Gasteiger partial charge in [-0.3, -0.25) is 0 Å². The molecule has 0 saturated carbocycles. The summed E-state index contributed by atoms with van der Waals surface area (Å²) >= 11 is 0. The topological polar surface area (TPSA) is 57.4 Å². The Morgan fingerprint density at radius 1 is 0.643 bits per heavy atom. The van der Waals surface area contributed by atoms with E-state index in [1.54, 1.807) is 0 Å². The molecule has 0 radical (unpaired) electrons. The zero-order valence-electron chi connectivity index (χ0n) is 15.2. The van der Waals surface area contributed by atoms with E-state index in [4.69, 9.17) is 9.97 Å². The molecule has 3 aromatic rings. The quantitative estimate of drug-likeness (QED) is 0.408. The highest BCUT2D eigenvalue weighted by Crippen LogP contribution is 2.25. The van der Waals surface area contributed by atoms with Crippen LogP contribution >= 0.6 is 0 Å². The van der Waals surface area contributed by atoms with Gasteiger partial charge in [0.1, 0.15) is 0 Å². The highest BCUT2D eigenvalue weighted by atomic mass is 14.8. The van der Waals surface area contributed by atoms with E-state index < -0.39 is 0 Å². The summed E-state index contributed by atoms with van der Waals surface area (Å²) in [6.07, 6.45) is 11.6. The van der Waals surface area contributed by atoms with Gasteiger partial charge in [0.15, 0.2) is 0 Å². The molecule has 2 N–H and O–H groups in total. The largest absolute Gasteiger partial charge is 0.355 e. The second kappa shape index (κ2) is 6.35. The average Bonchev–Trinajstić information content (AvgIpc) is 3.46. The zero-order valence-corrected chi connectivity index (χ0v) is 15.2. The highest BCUT2D eigenvalue weighted by molar-refractivity contribution is 5.86. The number of rotatable bonds is 2. The second-order valence-corrected chi connectivity index (χ2v) is 6.69. The van der Waals surface area contributed by atoms with Crippen LogP contribution in [0.3, 0.4) is 0 Å². The molecule has 0 fully saturated rings. The average molecular weight is 362 g/mol. The van der Waals surface area contributed by atoms with Crippen molar-refractivity contribution in [2.24, 2.45) is 0 Å². The molecule has 2 aliphatic rings. The fourth-order valence-corrected chi connectivity index (χ4v) is 3.54. The van der Waals surface area contributed by atoms with Crippen LogP contribution < -0.4 is 0 Å². The maximum Gasteiger partial charge on any atom is 0.0731 e. The summed E-state index contributed by atoms with van der Waals surface area (Å²) in [5.41, 5.74) is 9.34. The van der Waals surface area contributed by atoms with E-state index in [-0.39, 0.29) is 0 Å². The van der Waals surface area contributed by atoms with Crippen LogP contribution in [0, 0.1) is 0 Å². The third kappa shape index (κ3) is 2.72. The van der Waals surface area contributed by atoms with E-state index in [1.165, 1.54) is 0 Å². The van der Waals surface area contributed by atoms with E-state index in [0.29, 0.717) is 0 Å². The molecule has 0 spiro atoms. The van der Waals surface area contributed by atoms with Gasteiger partial charge in [0.2, 0.25) is 0 Å². The van der Waals surface area contributed by atoms with E-state index in [1.807, 2.05) is 54.7 Å². The molecule has 0 saturated heterocycles. The van der Waals surface area contributed by atoms with Gasteiger partial charge in [-0.05, 0) is 60.7 Å². The van der Waals surface area contributed by atoms with Crippen molar-refractivity contribution in [1.29, 1.82) is 0 Å². The molecule has 0 amide bonds. The highest BCUT2D eigenvalue weighted by Gasteiger charge is 2.11. The third-order valence-corrected chi connectivity index (χ3v) is 4.88. The Kier molecular flexibility index (Phi) is 3.69. The summed E-state index contributed by atoms with van der Waals surface area (Å²) in [6.45, 7) is 7.96. The summed E-state index contributed by atoms with van der Waals surface area (Å²) in [5, 5.41) is 0. The Hall–Kier alpha value is -3.92. The lowest BCUT2D eigenvalue weighted by Crippen LogP contribution is -1.87. The number of fused-ring (bicyclic) bond motifs is 8.